The number of hydrogen-bond acceptors (Lipinski definition) is 3. The summed E-state index contributed by atoms with van der Waals surface area (Å²) in [6.45, 7) is 3.73. The average molecular weight is 396 g/mol. The Hall–Kier alpha value is -2.38. The van der Waals surface area contributed by atoms with Gasteiger partial charge in [-0.3, -0.25) is 15.6 Å². The van der Waals surface area contributed by atoms with Crippen LogP contribution in [0.25, 0.3) is 0 Å². The molecule has 0 saturated carbocycles. The summed E-state index contributed by atoms with van der Waals surface area (Å²) in [5.74, 6) is -0.723. The Labute approximate surface area is 161 Å². The van der Waals surface area contributed by atoms with Gasteiger partial charge in [0.2, 0.25) is 0 Å². The van der Waals surface area contributed by atoms with E-state index >= 15 is 0 Å². The Morgan fingerprint density at radius 2 is 2.04 bits per heavy atom. The molecule has 0 heterocycles. The summed E-state index contributed by atoms with van der Waals surface area (Å²) >= 11 is 11.0. The van der Waals surface area contributed by atoms with Crippen molar-refractivity contribution in [2.45, 2.75) is 20.3 Å². The van der Waals surface area contributed by atoms with Gasteiger partial charge in [-0.1, -0.05) is 36.7 Å². The van der Waals surface area contributed by atoms with Gasteiger partial charge in [0.15, 0.2) is 11.7 Å². The molecule has 2 aromatic rings. The topological polar surface area (TPSA) is 62.4 Å². The number of aryl methyl sites for hydroxylation is 2. The van der Waals surface area contributed by atoms with Crippen molar-refractivity contribution in [2.75, 3.05) is 11.9 Å². The molecule has 2 rings (SSSR count). The number of para-hydroxylation sites is 1. The summed E-state index contributed by atoms with van der Waals surface area (Å²) in [7, 11) is 0. The fourth-order valence-electron chi connectivity index (χ4n) is 2.24. The van der Waals surface area contributed by atoms with Gasteiger partial charge in [0.05, 0.1) is 5.02 Å². The first kappa shape index (κ1) is 19.9. The number of carbonyl (C=O) groups excluding carboxylic acids is 1. The average Bonchev–Trinajstić information content (AvgIpc) is 2.61. The van der Waals surface area contributed by atoms with Crippen LogP contribution in [0.4, 0.5) is 10.1 Å². The summed E-state index contributed by atoms with van der Waals surface area (Å²) in [6.07, 6.45) is 0.852. The molecule has 5 nitrogen and oxygen atoms in total. The number of carbonyl (C=O) groups is 1. The smallest absolute Gasteiger partial charge is 0.276 e. The molecule has 0 radical (unpaired) electrons. The van der Waals surface area contributed by atoms with E-state index in [4.69, 9.17) is 28.6 Å². The van der Waals surface area contributed by atoms with E-state index < -0.39 is 11.7 Å². The number of rotatable bonds is 5. The van der Waals surface area contributed by atoms with Crippen molar-refractivity contribution in [2.24, 2.45) is 0 Å². The Morgan fingerprint density at radius 3 is 2.73 bits per heavy atom. The molecule has 0 aliphatic rings. The lowest BCUT2D eigenvalue weighted by Crippen LogP contribution is -2.45. The number of hydrazine groups is 1. The van der Waals surface area contributed by atoms with E-state index in [2.05, 4.69) is 23.1 Å². The third kappa shape index (κ3) is 5.57. The summed E-state index contributed by atoms with van der Waals surface area (Å²) in [5.41, 5.74) is 8.13. The lowest BCUT2D eigenvalue weighted by atomic mass is 10.1. The number of thiocarbonyl (C=S) groups is 1. The van der Waals surface area contributed by atoms with Gasteiger partial charge in [0.1, 0.15) is 11.6 Å². The number of hydrogen-bond donors (Lipinski definition) is 3. The zero-order chi connectivity index (χ0) is 19.1. The van der Waals surface area contributed by atoms with Crippen LogP contribution in [0.3, 0.4) is 0 Å². The highest BCUT2D eigenvalue weighted by molar-refractivity contribution is 7.80. The van der Waals surface area contributed by atoms with Crippen molar-refractivity contribution in [1.82, 2.24) is 10.9 Å². The first-order chi connectivity index (χ1) is 12.4. The van der Waals surface area contributed by atoms with Crippen LogP contribution in [0.1, 0.15) is 18.1 Å². The van der Waals surface area contributed by atoms with Gasteiger partial charge >= 0.3 is 0 Å². The SMILES string of the molecule is CCc1cccc(C)c1NC(=S)NNC(=O)COc1ccc(F)cc1Cl. The van der Waals surface area contributed by atoms with Gasteiger partial charge in [0, 0.05) is 5.69 Å². The van der Waals surface area contributed by atoms with Crippen molar-refractivity contribution >= 4 is 40.5 Å². The number of halogens is 2. The van der Waals surface area contributed by atoms with Crippen LogP contribution < -0.4 is 20.9 Å². The molecule has 0 saturated heterocycles. The van der Waals surface area contributed by atoms with Crippen LogP contribution in [-0.2, 0) is 11.2 Å². The van der Waals surface area contributed by atoms with Gasteiger partial charge in [-0.2, -0.15) is 0 Å². The quantitative estimate of drug-likeness (QED) is 0.531. The molecule has 8 heteroatoms. The van der Waals surface area contributed by atoms with Gasteiger partial charge in [-0.15, -0.1) is 0 Å². The Balaban J connectivity index is 1.83. The predicted octanol–water partition coefficient (Wildman–Crippen LogP) is 3.75. The van der Waals surface area contributed by atoms with Crippen LogP contribution in [0.15, 0.2) is 36.4 Å². The molecule has 0 spiro atoms. The largest absolute Gasteiger partial charge is 0.482 e. The summed E-state index contributed by atoms with van der Waals surface area (Å²) in [6, 6.07) is 9.63. The van der Waals surface area contributed by atoms with E-state index in [0.29, 0.717) is 0 Å². The van der Waals surface area contributed by atoms with E-state index in [1.54, 1.807) is 0 Å². The molecule has 0 atom stereocenters. The molecule has 2 aromatic carbocycles. The number of nitrogens with one attached hydrogen (secondary N) is 3. The highest BCUT2D eigenvalue weighted by Gasteiger charge is 2.09. The Bertz CT molecular complexity index is 817. The maximum Gasteiger partial charge on any atom is 0.276 e. The first-order valence-corrected chi connectivity index (χ1v) is 8.71. The standard InChI is InChI=1S/C18H19ClFN3O2S/c1-3-12-6-4-5-11(2)17(12)21-18(26)23-22-16(24)10-25-15-8-7-13(20)9-14(15)19/h4-9H,3,10H2,1-2H3,(H,22,24)(H2,21,23,26). The van der Waals surface area contributed by atoms with Crippen molar-refractivity contribution in [3.05, 3.63) is 58.4 Å². The highest BCUT2D eigenvalue weighted by Crippen LogP contribution is 2.24. The second-order valence-electron chi connectivity index (χ2n) is 5.45. The van der Waals surface area contributed by atoms with Gasteiger partial charge < -0.3 is 10.1 Å². The minimum absolute atomic E-state index is 0.0922. The fourth-order valence-corrected chi connectivity index (χ4v) is 2.62. The molecular formula is C18H19ClFN3O2S. The molecule has 138 valence electrons. The van der Waals surface area contributed by atoms with Crippen LogP contribution in [-0.4, -0.2) is 17.6 Å². The van der Waals surface area contributed by atoms with Crippen LogP contribution in [0.5, 0.6) is 5.75 Å². The third-order valence-electron chi connectivity index (χ3n) is 3.55. The normalized spacial score (nSPS) is 10.2. The third-order valence-corrected chi connectivity index (χ3v) is 4.05. The molecule has 3 N–H and O–H groups in total. The van der Waals surface area contributed by atoms with Crippen molar-refractivity contribution in [1.29, 1.82) is 0 Å². The van der Waals surface area contributed by atoms with Crippen molar-refractivity contribution < 1.29 is 13.9 Å². The van der Waals surface area contributed by atoms with E-state index in [1.807, 2.05) is 25.1 Å². The van der Waals surface area contributed by atoms with Gasteiger partial charge in [-0.25, -0.2) is 4.39 Å². The second-order valence-corrected chi connectivity index (χ2v) is 6.27. The number of ether oxygens (including phenoxy) is 1. The van der Waals surface area contributed by atoms with Crippen molar-refractivity contribution in [3.63, 3.8) is 0 Å². The number of amides is 1. The molecule has 0 unspecified atom stereocenters. The zero-order valence-corrected chi connectivity index (χ0v) is 15.9. The van der Waals surface area contributed by atoms with Crippen LogP contribution in [0, 0.1) is 12.7 Å². The summed E-state index contributed by atoms with van der Waals surface area (Å²) in [4.78, 5) is 11.8. The number of benzene rings is 2. The molecule has 0 aliphatic heterocycles. The highest BCUT2D eigenvalue weighted by atomic mass is 35.5. The molecule has 0 aliphatic carbocycles. The summed E-state index contributed by atoms with van der Waals surface area (Å²) in [5, 5.41) is 3.42. The van der Waals surface area contributed by atoms with Crippen molar-refractivity contribution in [3.8, 4) is 5.75 Å². The molecular weight excluding hydrogens is 377 g/mol. The van der Waals surface area contributed by atoms with E-state index in [9.17, 15) is 9.18 Å². The molecule has 0 fully saturated rings. The zero-order valence-electron chi connectivity index (χ0n) is 14.4. The number of anilines is 1. The fraction of sp³-hybridized carbons (Fsp3) is 0.222. The van der Waals surface area contributed by atoms with E-state index in [1.165, 1.54) is 12.1 Å². The molecule has 1 amide bonds. The van der Waals surface area contributed by atoms with E-state index in [-0.39, 0.29) is 22.5 Å². The first-order valence-electron chi connectivity index (χ1n) is 7.93. The monoisotopic (exact) mass is 395 g/mol. The maximum absolute atomic E-state index is 13.0. The van der Waals surface area contributed by atoms with Crippen LogP contribution >= 0.6 is 23.8 Å². The summed E-state index contributed by atoms with van der Waals surface area (Å²) < 4.78 is 18.2. The second kappa shape index (κ2) is 9.35. The molecule has 0 bridgehead atoms. The minimum atomic E-state index is -0.479. The van der Waals surface area contributed by atoms with E-state index in [0.717, 1.165) is 29.3 Å². The lowest BCUT2D eigenvalue weighted by Gasteiger charge is -2.16. The molecule has 26 heavy (non-hydrogen) atoms. The van der Waals surface area contributed by atoms with Gasteiger partial charge in [0.25, 0.3) is 5.91 Å². The molecule has 0 aromatic heterocycles. The van der Waals surface area contributed by atoms with Crippen LogP contribution in [0.2, 0.25) is 5.02 Å². The predicted molar refractivity (Wildman–Crippen MR) is 105 cm³/mol. The maximum atomic E-state index is 13.0. The Kier molecular flexibility index (Phi) is 7.17. The lowest BCUT2D eigenvalue weighted by molar-refractivity contribution is -0.123. The minimum Gasteiger partial charge on any atom is -0.482 e. The van der Waals surface area contributed by atoms with Gasteiger partial charge in [-0.05, 0) is 54.9 Å². The Morgan fingerprint density at radius 1 is 1.27 bits per heavy atom.